The van der Waals surface area contributed by atoms with Gasteiger partial charge in [0.05, 0.1) is 12.1 Å². The van der Waals surface area contributed by atoms with Crippen molar-refractivity contribution in [1.82, 2.24) is 15.6 Å². The lowest BCUT2D eigenvalue weighted by Gasteiger charge is -2.20. The van der Waals surface area contributed by atoms with E-state index < -0.39 is 0 Å². The molecule has 1 aromatic heterocycles. The number of anilines is 1. The van der Waals surface area contributed by atoms with E-state index in [0.717, 1.165) is 50.0 Å². The molecule has 1 fully saturated rings. The zero-order valence-corrected chi connectivity index (χ0v) is 20.0. The van der Waals surface area contributed by atoms with Crippen molar-refractivity contribution in [1.29, 1.82) is 0 Å². The summed E-state index contributed by atoms with van der Waals surface area (Å²) in [6.07, 6.45) is 3.64. The van der Waals surface area contributed by atoms with Gasteiger partial charge in [-0.3, -0.25) is 4.99 Å². The maximum Gasteiger partial charge on any atom is 0.191 e. The summed E-state index contributed by atoms with van der Waals surface area (Å²) in [6.45, 7) is 5.37. The van der Waals surface area contributed by atoms with Crippen LogP contribution in [0.5, 0.6) is 5.75 Å². The highest BCUT2D eigenvalue weighted by Gasteiger charge is 2.25. The Balaban J connectivity index is 0.00000300. The van der Waals surface area contributed by atoms with Crippen LogP contribution in [0.15, 0.2) is 47.6 Å². The fraction of sp³-hybridized carbons (Fsp3) is 0.429. The van der Waals surface area contributed by atoms with Gasteiger partial charge in [-0.25, -0.2) is 4.98 Å². The number of pyridine rings is 1. The summed E-state index contributed by atoms with van der Waals surface area (Å²) in [5, 5.41) is 7.58. The number of nitrogens with one attached hydrogen (secondary N) is 2. The first-order valence-electron chi connectivity index (χ1n) is 9.73. The smallest absolute Gasteiger partial charge is 0.191 e. The molecule has 1 aliphatic heterocycles. The molecule has 2 aromatic rings. The quantitative estimate of drug-likeness (QED) is 0.325. The number of aromatic nitrogens is 1. The number of para-hydroxylation sites is 1. The molecular formula is C21H29ClIN5O. The zero-order chi connectivity index (χ0) is 19.8. The van der Waals surface area contributed by atoms with E-state index in [2.05, 4.69) is 33.5 Å². The summed E-state index contributed by atoms with van der Waals surface area (Å²) in [5.41, 5.74) is 1.17. The second kappa shape index (κ2) is 12.1. The normalized spacial score (nSPS) is 16.3. The maximum atomic E-state index is 6.29. The molecule has 0 bridgehead atoms. The van der Waals surface area contributed by atoms with E-state index in [4.69, 9.17) is 21.3 Å². The monoisotopic (exact) mass is 529 g/mol. The van der Waals surface area contributed by atoms with E-state index in [1.165, 1.54) is 5.56 Å². The van der Waals surface area contributed by atoms with E-state index in [0.29, 0.717) is 17.6 Å². The molecule has 0 aliphatic carbocycles. The topological polar surface area (TPSA) is 61.8 Å². The zero-order valence-electron chi connectivity index (χ0n) is 16.9. The Morgan fingerprint density at radius 3 is 2.90 bits per heavy atom. The lowest BCUT2D eigenvalue weighted by atomic mass is 10.1. The molecule has 0 amide bonds. The van der Waals surface area contributed by atoms with Crippen LogP contribution in [0, 0.1) is 0 Å². The van der Waals surface area contributed by atoms with Crippen LogP contribution in [0.25, 0.3) is 0 Å². The second-order valence-electron chi connectivity index (χ2n) is 6.71. The van der Waals surface area contributed by atoms with Crippen LogP contribution in [0.4, 0.5) is 5.82 Å². The van der Waals surface area contributed by atoms with Crippen molar-refractivity contribution in [3.63, 3.8) is 0 Å². The summed E-state index contributed by atoms with van der Waals surface area (Å²) >= 11 is 6.29. The molecule has 0 spiro atoms. The maximum absolute atomic E-state index is 6.29. The van der Waals surface area contributed by atoms with Crippen LogP contribution in [0.2, 0.25) is 5.02 Å². The molecule has 1 atom stereocenters. The molecule has 1 saturated heterocycles. The number of halogens is 2. The van der Waals surface area contributed by atoms with E-state index in [1.54, 1.807) is 13.3 Å². The van der Waals surface area contributed by atoms with Gasteiger partial charge in [-0.05, 0) is 43.5 Å². The summed E-state index contributed by atoms with van der Waals surface area (Å²) in [5.74, 6) is 2.61. The number of guanidine groups is 1. The average Bonchev–Trinajstić information content (AvgIpc) is 3.17. The first-order valence-corrected chi connectivity index (χ1v) is 10.1. The summed E-state index contributed by atoms with van der Waals surface area (Å²) in [4.78, 5) is 11.4. The van der Waals surface area contributed by atoms with Crippen molar-refractivity contribution in [2.24, 2.45) is 4.99 Å². The van der Waals surface area contributed by atoms with Crippen LogP contribution in [-0.2, 0) is 6.42 Å². The molecule has 8 heteroatoms. The Morgan fingerprint density at radius 2 is 2.14 bits per heavy atom. The van der Waals surface area contributed by atoms with Crippen molar-refractivity contribution in [2.45, 2.75) is 25.8 Å². The molecule has 0 saturated carbocycles. The minimum absolute atomic E-state index is 0. The number of hydrogen-bond donors (Lipinski definition) is 2. The third-order valence-electron chi connectivity index (χ3n) is 4.76. The number of methoxy groups -OCH3 is 1. The highest BCUT2D eigenvalue weighted by molar-refractivity contribution is 14.0. The molecule has 158 valence electrons. The lowest BCUT2D eigenvalue weighted by Crippen LogP contribution is -2.44. The second-order valence-corrected chi connectivity index (χ2v) is 7.11. The number of hydrogen-bond acceptors (Lipinski definition) is 4. The number of rotatable bonds is 7. The average molecular weight is 530 g/mol. The first-order chi connectivity index (χ1) is 13.7. The van der Waals surface area contributed by atoms with Crippen molar-refractivity contribution in [2.75, 3.05) is 38.2 Å². The number of ether oxygens (including phenoxy) is 1. The SMILES string of the molecule is CCNC(=NCCc1ccccc1OC)NC1CCN(c2ncccc2Cl)C1.I. The molecule has 0 radical (unpaired) electrons. The van der Waals surface area contributed by atoms with Crippen LogP contribution < -0.4 is 20.3 Å². The number of aliphatic imine (C=N–C) groups is 1. The minimum atomic E-state index is 0. The van der Waals surface area contributed by atoms with Gasteiger partial charge in [0.2, 0.25) is 0 Å². The van der Waals surface area contributed by atoms with Gasteiger partial charge >= 0.3 is 0 Å². The highest BCUT2D eigenvalue weighted by Crippen LogP contribution is 2.25. The minimum Gasteiger partial charge on any atom is -0.496 e. The van der Waals surface area contributed by atoms with Crippen LogP contribution in [0.3, 0.4) is 0 Å². The lowest BCUT2D eigenvalue weighted by molar-refractivity contribution is 0.410. The Bertz CT molecular complexity index is 804. The van der Waals surface area contributed by atoms with Gasteiger partial charge < -0.3 is 20.3 Å². The fourth-order valence-electron chi connectivity index (χ4n) is 3.39. The van der Waals surface area contributed by atoms with E-state index in [9.17, 15) is 0 Å². The molecule has 2 heterocycles. The van der Waals surface area contributed by atoms with Gasteiger partial charge in [0.1, 0.15) is 11.6 Å². The van der Waals surface area contributed by atoms with Gasteiger partial charge in [-0.2, -0.15) is 0 Å². The largest absolute Gasteiger partial charge is 0.496 e. The van der Waals surface area contributed by atoms with Gasteiger partial charge in [0, 0.05) is 38.4 Å². The van der Waals surface area contributed by atoms with Crippen LogP contribution in [0.1, 0.15) is 18.9 Å². The summed E-state index contributed by atoms with van der Waals surface area (Å²) in [7, 11) is 1.70. The molecule has 1 aromatic carbocycles. The van der Waals surface area contributed by atoms with Crippen molar-refractivity contribution < 1.29 is 4.74 Å². The Labute approximate surface area is 195 Å². The van der Waals surface area contributed by atoms with Gasteiger partial charge in [0.15, 0.2) is 5.96 Å². The molecular weight excluding hydrogens is 501 g/mol. The third kappa shape index (κ3) is 6.64. The van der Waals surface area contributed by atoms with Crippen molar-refractivity contribution in [3.8, 4) is 5.75 Å². The van der Waals surface area contributed by atoms with Crippen molar-refractivity contribution >= 4 is 47.4 Å². The highest BCUT2D eigenvalue weighted by atomic mass is 127. The van der Waals surface area contributed by atoms with E-state index >= 15 is 0 Å². The number of benzene rings is 1. The number of nitrogens with zero attached hydrogens (tertiary/aromatic N) is 3. The van der Waals surface area contributed by atoms with Crippen LogP contribution in [-0.4, -0.2) is 50.3 Å². The molecule has 6 nitrogen and oxygen atoms in total. The summed E-state index contributed by atoms with van der Waals surface area (Å²) in [6, 6.07) is 12.1. The van der Waals surface area contributed by atoms with Gasteiger partial charge in [0.25, 0.3) is 0 Å². The Hall–Kier alpha value is -1.74. The van der Waals surface area contributed by atoms with Crippen LogP contribution >= 0.6 is 35.6 Å². The first kappa shape index (κ1) is 23.5. The fourth-order valence-corrected chi connectivity index (χ4v) is 3.63. The Morgan fingerprint density at radius 1 is 1.31 bits per heavy atom. The van der Waals surface area contributed by atoms with Gasteiger partial charge in [-0.1, -0.05) is 29.8 Å². The predicted molar refractivity (Wildman–Crippen MR) is 131 cm³/mol. The molecule has 3 rings (SSSR count). The molecule has 1 aliphatic rings. The summed E-state index contributed by atoms with van der Waals surface area (Å²) < 4.78 is 5.42. The van der Waals surface area contributed by atoms with E-state index in [1.807, 2.05) is 30.3 Å². The molecule has 29 heavy (non-hydrogen) atoms. The predicted octanol–water partition coefficient (Wildman–Crippen LogP) is 3.74. The third-order valence-corrected chi connectivity index (χ3v) is 5.05. The van der Waals surface area contributed by atoms with Crippen molar-refractivity contribution in [3.05, 3.63) is 53.2 Å². The van der Waals surface area contributed by atoms with E-state index in [-0.39, 0.29) is 24.0 Å². The molecule has 2 N–H and O–H groups in total. The Kier molecular flexibility index (Phi) is 9.80. The molecule has 1 unspecified atom stereocenters. The standard InChI is InChI=1S/C21H28ClN5O.HI/c1-3-23-21(25-13-10-16-7-4-5-9-19(16)28-2)26-17-11-14-27(15-17)20-18(22)8-6-12-24-20;/h4-9,12,17H,3,10-11,13-15H2,1-2H3,(H2,23,25,26);1H. The van der Waals surface area contributed by atoms with Gasteiger partial charge in [-0.15, -0.1) is 24.0 Å².